The Labute approximate surface area is 109 Å². The van der Waals surface area contributed by atoms with Crippen LogP contribution in [0.25, 0.3) is 0 Å². The summed E-state index contributed by atoms with van der Waals surface area (Å²) in [5.41, 5.74) is -0.730. The average Bonchev–Trinajstić information content (AvgIpc) is 2.21. The summed E-state index contributed by atoms with van der Waals surface area (Å²) >= 11 is 0. The predicted octanol–water partition coefficient (Wildman–Crippen LogP) is 0.532. The van der Waals surface area contributed by atoms with Gasteiger partial charge in [-0.2, -0.15) is 13.2 Å². The van der Waals surface area contributed by atoms with Gasteiger partial charge in [-0.1, -0.05) is 20.8 Å². The zero-order chi connectivity index (χ0) is 15.3. The van der Waals surface area contributed by atoms with Crippen LogP contribution in [0.15, 0.2) is 0 Å². The first kappa shape index (κ1) is 17.7. The molecule has 0 saturated carbocycles. The van der Waals surface area contributed by atoms with E-state index in [1.807, 2.05) is 0 Å². The highest BCUT2D eigenvalue weighted by atomic mass is 19.4. The van der Waals surface area contributed by atoms with Gasteiger partial charge in [-0.3, -0.25) is 9.59 Å². The molecule has 0 spiro atoms. The maximum absolute atomic E-state index is 12.2. The van der Waals surface area contributed by atoms with E-state index in [-0.39, 0.29) is 0 Å². The Morgan fingerprint density at radius 3 is 2.11 bits per heavy atom. The van der Waals surface area contributed by atoms with Gasteiger partial charge in [0.2, 0.25) is 11.8 Å². The molecule has 0 radical (unpaired) electrons. The van der Waals surface area contributed by atoms with Crippen LogP contribution in [0.3, 0.4) is 0 Å². The smallest absolute Gasteiger partial charge is 0.395 e. The van der Waals surface area contributed by atoms with Crippen LogP contribution in [0.2, 0.25) is 0 Å². The van der Waals surface area contributed by atoms with Crippen molar-refractivity contribution in [1.29, 1.82) is 0 Å². The van der Waals surface area contributed by atoms with Crippen molar-refractivity contribution < 1.29 is 27.9 Å². The van der Waals surface area contributed by atoms with E-state index in [0.29, 0.717) is 4.90 Å². The lowest BCUT2D eigenvalue weighted by Crippen LogP contribution is -2.47. The van der Waals surface area contributed by atoms with Gasteiger partial charge in [0.05, 0.1) is 13.2 Å². The molecule has 19 heavy (non-hydrogen) atoms. The molecule has 0 atom stereocenters. The van der Waals surface area contributed by atoms with Crippen molar-refractivity contribution in [1.82, 2.24) is 10.2 Å². The molecular formula is C11H19F3N2O3. The molecule has 0 aromatic rings. The minimum atomic E-state index is -4.54. The first-order valence-corrected chi connectivity index (χ1v) is 5.71. The number of carbonyl (C=O) groups excluding carboxylic acids is 2. The highest BCUT2D eigenvalue weighted by Gasteiger charge is 2.33. The summed E-state index contributed by atoms with van der Waals surface area (Å²) in [6.07, 6.45) is -4.54. The number of rotatable bonds is 5. The molecule has 0 unspecified atom stereocenters. The molecule has 0 aliphatic rings. The van der Waals surface area contributed by atoms with Crippen LogP contribution in [0, 0.1) is 5.41 Å². The summed E-state index contributed by atoms with van der Waals surface area (Å²) in [5.74, 6) is -1.32. The van der Waals surface area contributed by atoms with E-state index in [2.05, 4.69) is 5.32 Å². The van der Waals surface area contributed by atoms with Gasteiger partial charge in [0.25, 0.3) is 0 Å². The van der Waals surface area contributed by atoms with Gasteiger partial charge in [0.15, 0.2) is 0 Å². The monoisotopic (exact) mass is 284 g/mol. The Morgan fingerprint density at radius 2 is 1.74 bits per heavy atom. The van der Waals surface area contributed by atoms with Gasteiger partial charge in [-0.05, 0) is 0 Å². The highest BCUT2D eigenvalue weighted by Crippen LogP contribution is 2.16. The number of aliphatic hydroxyl groups excluding tert-OH is 1. The van der Waals surface area contributed by atoms with Crippen molar-refractivity contribution in [3.05, 3.63) is 0 Å². The Balaban J connectivity index is 4.46. The lowest BCUT2D eigenvalue weighted by atomic mass is 9.96. The number of aliphatic hydroxyl groups is 1. The largest absolute Gasteiger partial charge is 0.406 e. The van der Waals surface area contributed by atoms with Crippen LogP contribution >= 0.6 is 0 Å². The van der Waals surface area contributed by atoms with Gasteiger partial charge < -0.3 is 15.3 Å². The van der Waals surface area contributed by atoms with Crippen LogP contribution in [0.5, 0.6) is 0 Å². The zero-order valence-electron chi connectivity index (χ0n) is 11.2. The van der Waals surface area contributed by atoms with Crippen LogP contribution in [-0.2, 0) is 9.59 Å². The van der Waals surface area contributed by atoms with E-state index in [4.69, 9.17) is 5.11 Å². The molecule has 0 aromatic carbocycles. The summed E-state index contributed by atoms with van der Waals surface area (Å²) < 4.78 is 36.6. The fourth-order valence-electron chi connectivity index (χ4n) is 1.16. The Bertz CT molecular complexity index is 324. The third-order valence-electron chi connectivity index (χ3n) is 2.17. The summed E-state index contributed by atoms with van der Waals surface area (Å²) in [4.78, 5) is 23.5. The maximum Gasteiger partial charge on any atom is 0.406 e. The fourth-order valence-corrected chi connectivity index (χ4v) is 1.16. The third-order valence-corrected chi connectivity index (χ3v) is 2.17. The average molecular weight is 284 g/mol. The van der Waals surface area contributed by atoms with E-state index < -0.39 is 49.6 Å². The first-order chi connectivity index (χ1) is 8.47. The van der Waals surface area contributed by atoms with E-state index in [9.17, 15) is 22.8 Å². The minimum Gasteiger partial charge on any atom is -0.395 e. The van der Waals surface area contributed by atoms with Crippen molar-refractivity contribution in [2.24, 2.45) is 5.41 Å². The van der Waals surface area contributed by atoms with Crippen molar-refractivity contribution in [3.63, 3.8) is 0 Å². The topological polar surface area (TPSA) is 69.6 Å². The second kappa shape index (κ2) is 6.74. The molecule has 0 aliphatic carbocycles. The van der Waals surface area contributed by atoms with E-state index >= 15 is 0 Å². The predicted molar refractivity (Wildman–Crippen MR) is 62.2 cm³/mol. The SMILES string of the molecule is CC(C)(C)C(=O)NCC(=O)N(CCO)CC(F)(F)F. The minimum absolute atomic E-state index is 0.427. The second-order valence-electron chi connectivity index (χ2n) is 5.09. The molecule has 0 aromatic heterocycles. The molecule has 2 N–H and O–H groups in total. The number of hydrogen-bond acceptors (Lipinski definition) is 3. The second-order valence-corrected chi connectivity index (χ2v) is 5.09. The lowest BCUT2D eigenvalue weighted by Gasteiger charge is -2.24. The Morgan fingerprint density at radius 1 is 1.21 bits per heavy atom. The molecule has 112 valence electrons. The molecule has 0 aliphatic heterocycles. The maximum atomic E-state index is 12.2. The molecule has 0 fully saturated rings. The van der Waals surface area contributed by atoms with Gasteiger partial charge in [-0.25, -0.2) is 0 Å². The zero-order valence-corrected chi connectivity index (χ0v) is 11.2. The normalized spacial score (nSPS) is 12.2. The van der Waals surface area contributed by atoms with E-state index in [1.165, 1.54) is 0 Å². The number of halogens is 3. The molecule has 5 nitrogen and oxygen atoms in total. The number of nitrogens with zero attached hydrogens (tertiary/aromatic N) is 1. The Kier molecular flexibility index (Phi) is 6.28. The van der Waals surface area contributed by atoms with Crippen molar-refractivity contribution >= 4 is 11.8 Å². The molecule has 0 rings (SSSR count). The highest BCUT2D eigenvalue weighted by molar-refractivity contribution is 5.87. The van der Waals surface area contributed by atoms with Gasteiger partial charge in [0, 0.05) is 12.0 Å². The standard InChI is InChI=1S/C11H19F3N2O3/c1-10(2,3)9(19)15-6-8(18)16(4-5-17)7-11(12,13)14/h17H,4-7H2,1-3H3,(H,15,19). The van der Waals surface area contributed by atoms with E-state index in [1.54, 1.807) is 20.8 Å². The van der Waals surface area contributed by atoms with Crippen LogP contribution < -0.4 is 5.32 Å². The van der Waals surface area contributed by atoms with Gasteiger partial charge >= 0.3 is 6.18 Å². The van der Waals surface area contributed by atoms with Gasteiger partial charge in [0.1, 0.15) is 6.54 Å². The fraction of sp³-hybridized carbons (Fsp3) is 0.818. The summed E-state index contributed by atoms with van der Waals surface area (Å²) in [6.45, 7) is 1.89. The van der Waals surface area contributed by atoms with E-state index in [0.717, 1.165) is 0 Å². The Hall–Kier alpha value is -1.31. The number of nitrogens with one attached hydrogen (secondary N) is 1. The quantitative estimate of drug-likeness (QED) is 0.774. The molecular weight excluding hydrogens is 265 g/mol. The lowest BCUT2D eigenvalue weighted by molar-refractivity contribution is -0.161. The molecule has 2 amide bonds. The number of hydrogen-bond donors (Lipinski definition) is 2. The van der Waals surface area contributed by atoms with Crippen LogP contribution in [0.4, 0.5) is 13.2 Å². The summed E-state index contributed by atoms with van der Waals surface area (Å²) in [5, 5.41) is 10.9. The van der Waals surface area contributed by atoms with Crippen molar-refractivity contribution in [3.8, 4) is 0 Å². The summed E-state index contributed by atoms with van der Waals surface area (Å²) in [6, 6.07) is 0. The van der Waals surface area contributed by atoms with Crippen molar-refractivity contribution in [2.45, 2.75) is 26.9 Å². The molecule has 0 heterocycles. The van der Waals surface area contributed by atoms with Crippen molar-refractivity contribution in [2.75, 3.05) is 26.2 Å². The third kappa shape index (κ3) is 7.66. The molecule has 0 saturated heterocycles. The first-order valence-electron chi connectivity index (χ1n) is 5.71. The number of carbonyl (C=O) groups is 2. The molecule has 0 bridgehead atoms. The number of alkyl halides is 3. The van der Waals surface area contributed by atoms with Gasteiger partial charge in [-0.15, -0.1) is 0 Å². The van der Waals surface area contributed by atoms with Crippen LogP contribution in [-0.4, -0.2) is 54.2 Å². The van der Waals surface area contributed by atoms with Crippen LogP contribution in [0.1, 0.15) is 20.8 Å². The molecule has 8 heteroatoms. The summed E-state index contributed by atoms with van der Waals surface area (Å²) in [7, 11) is 0. The number of amides is 2.